The van der Waals surface area contributed by atoms with Crippen LogP contribution in [0.2, 0.25) is 0 Å². The fourth-order valence-corrected chi connectivity index (χ4v) is 1.63. The molecule has 0 aliphatic rings. The summed E-state index contributed by atoms with van der Waals surface area (Å²) in [5.74, 6) is -1.06. The van der Waals surface area contributed by atoms with E-state index in [0.29, 0.717) is 11.5 Å². The largest absolute Gasteiger partial charge is 0.475 e. The third kappa shape index (κ3) is 2.49. The minimum atomic E-state index is -1.12. The Hall–Kier alpha value is -2.57. The van der Waals surface area contributed by atoms with Gasteiger partial charge in [0.2, 0.25) is 5.76 Å². The summed E-state index contributed by atoms with van der Waals surface area (Å²) in [5, 5.41) is 15.4. The van der Waals surface area contributed by atoms with Gasteiger partial charge in [0, 0.05) is 13.2 Å². The van der Waals surface area contributed by atoms with E-state index in [4.69, 9.17) is 9.52 Å². The van der Waals surface area contributed by atoms with Gasteiger partial charge in [0.25, 0.3) is 5.91 Å². The maximum atomic E-state index is 11.4. The van der Waals surface area contributed by atoms with Gasteiger partial charge in [-0.3, -0.25) is 9.48 Å². The van der Waals surface area contributed by atoms with E-state index in [1.807, 2.05) is 0 Å². The van der Waals surface area contributed by atoms with Gasteiger partial charge < -0.3 is 14.8 Å². The highest BCUT2D eigenvalue weighted by Crippen LogP contribution is 2.20. The van der Waals surface area contributed by atoms with Crippen LogP contribution in [0.1, 0.15) is 39.8 Å². The Kier molecular flexibility index (Phi) is 3.37. The Labute approximate surface area is 108 Å². The van der Waals surface area contributed by atoms with Crippen LogP contribution in [-0.4, -0.2) is 33.8 Å². The molecule has 0 spiro atoms. The van der Waals surface area contributed by atoms with Gasteiger partial charge in [-0.25, -0.2) is 4.79 Å². The topological polar surface area (TPSA) is 97.4 Å². The van der Waals surface area contributed by atoms with Gasteiger partial charge in [0.15, 0.2) is 0 Å². The molecule has 7 heteroatoms. The molecule has 0 radical (unpaired) electrons. The number of amides is 1. The molecule has 0 saturated carbocycles. The second kappa shape index (κ2) is 4.97. The SMILES string of the molecule is CNC(=O)c1ccn(C(C)c2ccc(C(=O)O)o2)n1. The number of aromatic carboxylic acids is 1. The zero-order valence-electron chi connectivity index (χ0n) is 10.5. The van der Waals surface area contributed by atoms with E-state index in [2.05, 4.69) is 10.4 Å². The predicted molar refractivity (Wildman–Crippen MR) is 65.1 cm³/mol. The zero-order valence-corrected chi connectivity index (χ0v) is 10.5. The number of carbonyl (C=O) groups is 2. The van der Waals surface area contributed by atoms with Gasteiger partial charge in [-0.05, 0) is 25.1 Å². The van der Waals surface area contributed by atoms with Crippen LogP contribution in [-0.2, 0) is 0 Å². The number of hydrogen-bond donors (Lipinski definition) is 2. The molecule has 2 rings (SSSR count). The fraction of sp³-hybridized carbons (Fsp3) is 0.250. The van der Waals surface area contributed by atoms with E-state index in [1.54, 1.807) is 25.3 Å². The highest BCUT2D eigenvalue weighted by molar-refractivity contribution is 5.91. The second-order valence-corrected chi connectivity index (χ2v) is 3.94. The summed E-state index contributed by atoms with van der Waals surface area (Å²) in [6, 6.07) is 4.25. The molecule has 2 heterocycles. The first-order valence-electron chi connectivity index (χ1n) is 5.63. The van der Waals surface area contributed by atoms with Crippen LogP contribution >= 0.6 is 0 Å². The molecule has 1 atom stereocenters. The summed E-state index contributed by atoms with van der Waals surface area (Å²) in [7, 11) is 1.52. The van der Waals surface area contributed by atoms with E-state index in [9.17, 15) is 9.59 Å². The molecule has 0 aliphatic carbocycles. The number of carboxylic acid groups (broad SMARTS) is 1. The average molecular weight is 263 g/mol. The van der Waals surface area contributed by atoms with Crippen LogP contribution in [0.5, 0.6) is 0 Å². The van der Waals surface area contributed by atoms with E-state index in [0.717, 1.165) is 0 Å². The molecule has 0 aliphatic heterocycles. The normalized spacial score (nSPS) is 12.1. The molecule has 7 nitrogen and oxygen atoms in total. The van der Waals surface area contributed by atoms with Crippen LogP contribution < -0.4 is 5.32 Å². The average Bonchev–Trinajstić information content (AvgIpc) is 3.05. The van der Waals surface area contributed by atoms with Gasteiger partial charge in [-0.2, -0.15) is 5.10 Å². The Balaban J connectivity index is 2.23. The van der Waals surface area contributed by atoms with E-state index >= 15 is 0 Å². The molecular formula is C12H13N3O4. The minimum absolute atomic E-state index is 0.125. The lowest BCUT2D eigenvalue weighted by atomic mass is 10.2. The van der Waals surface area contributed by atoms with Gasteiger partial charge in [0.1, 0.15) is 17.5 Å². The molecule has 0 bridgehead atoms. The van der Waals surface area contributed by atoms with E-state index < -0.39 is 5.97 Å². The monoisotopic (exact) mass is 263 g/mol. The molecule has 0 saturated heterocycles. The maximum absolute atomic E-state index is 11.4. The lowest BCUT2D eigenvalue weighted by molar-refractivity contribution is 0.0659. The van der Waals surface area contributed by atoms with Gasteiger partial charge >= 0.3 is 5.97 Å². The van der Waals surface area contributed by atoms with Crippen molar-refractivity contribution in [3.05, 3.63) is 41.6 Å². The molecule has 0 fully saturated rings. The first-order valence-corrected chi connectivity index (χ1v) is 5.63. The molecule has 2 N–H and O–H groups in total. The first-order chi connectivity index (χ1) is 9.02. The Morgan fingerprint density at radius 2 is 2.16 bits per heavy atom. The van der Waals surface area contributed by atoms with Crippen molar-refractivity contribution in [1.82, 2.24) is 15.1 Å². The van der Waals surface area contributed by atoms with Gasteiger partial charge in [0.05, 0.1) is 0 Å². The predicted octanol–water partition coefficient (Wildman–Crippen LogP) is 1.14. The summed E-state index contributed by atoms with van der Waals surface area (Å²) >= 11 is 0. The van der Waals surface area contributed by atoms with Crippen LogP contribution in [0.15, 0.2) is 28.8 Å². The third-order valence-corrected chi connectivity index (χ3v) is 2.71. The summed E-state index contributed by atoms with van der Waals surface area (Å²) < 4.78 is 6.73. The first kappa shape index (κ1) is 12.9. The third-order valence-electron chi connectivity index (χ3n) is 2.71. The summed E-state index contributed by atoms with van der Waals surface area (Å²) in [4.78, 5) is 22.1. The van der Waals surface area contributed by atoms with Crippen molar-refractivity contribution in [2.75, 3.05) is 7.05 Å². The molecule has 1 amide bonds. The smallest absolute Gasteiger partial charge is 0.371 e. The van der Waals surface area contributed by atoms with Crippen molar-refractivity contribution in [1.29, 1.82) is 0 Å². The van der Waals surface area contributed by atoms with E-state index in [1.165, 1.54) is 17.8 Å². The van der Waals surface area contributed by atoms with Crippen LogP contribution in [0.3, 0.4) is 0 Å². The molecule has 2 aromatic rings. The van der Waals surface area contributed by atoms with Crippen LogP contribution in [0.4, 0.5) is 0 Å². The summed E-state index contributed by atoms with van der Waals surface area (Å²) in [5.41, 5.74) is 0.291. The quantitative estimate of drug-likeness (QED) is 0.862. The lowest BCUT2D eigenvalue weighted by Crippen LogP contribution is -2.19. The van der Waals surface area contributed by atoms with Crippen molar-refractivity contribution < 1.29 is 19.1 Å². The fourth-order valence-electron chi connectivity index (χ4n) is 1.63. The van der Waals surface area contributed by atoms with Crippen molar-refractivity contribution in [2.45, 2.75) is 13.0 Å². The Bertz CT molecular complexity index is 614. The number of nitrogens with zero attached hydrogens (tertiary/aromatic N) is 2. The number of rotatable bonds is 4. The molecular weight excluding hydrogens is 250 g/mol. The number of carboxylic acids is 1. The molecule has 19 heavy (non-hydrogen) atoms. The summed E-state index contributed by atoms with van der Waals surface area (Å²) in [6.07, 6.45) is 1.64. The van der Waals surface area contributed by atoms with E-state index in [-0.39, 0.29) is 17.7 Å². The minimum Gasteiger partial charge on any atom is -0.475 e. The van der Waals surface area contributed by atoms with Crippen molar-refractivity contribution >= 4 is 11.9 Å². The molecule has 100 valence electrons. The number of furan rings is 1. The highest BCUT2D eigenvalue weighted by Gasteiger charge is 2.17. The molecule has 1 unspecified atom stereocenters. The Morgan fingerprint density at radius 1 is 1.42 bits per heavy atom. The zero-order chi connectivity index (χ0) is 14.0. The van der Waals surface area contributed by atoms with Crippen molar-refractivity contribution in [3.63, 3.8) is 0 Å². The lowest BCUT2D eigenvalue weighted by Gasteiger charge is -2.08. The summed E-state index contributed by atoms with van der Waals surface area (Å²) in [6.45, 7) is 1.80. The molecule has 2 aromatic heterocycles. The highest BCUT2D eigenvalue weighted by atomic mass is 16.4. The van der Waals surface area contributed by atoms with Gasteiger partial charge in [-0.15, -0.1) is 0 Å². The van der Waals surface area contributed by atoms with Crippen molar-refractivity contribution in [3.8, 4) is 0 Å². The number of hydrogen-bond acceptors (Lipinski definition) is 4. The number of aromatic nitrogens is 2. The Morgan fingerprint density at radius 3 is 2.74 bits per heavy atom. The van der Waals surface area contributed by atoms with Gasteiger partial charge in [-0.1, -0.05) is 0 Å². The van der Waals surface area contributed by atoms with Crippen LogP contribution in [0, 0.1) is 0 Å². The van der Waals surface area contributed by atoms with Crippen LogP contribution in [0.25, 0.3) is 0 Å². The number of nitrogens with one attached hydrogen (secondary N) is 1. The maximum Gasteiger partial charge on any atom is 0.371 e. The molecule has 0 aromatic carbocycles. The second-order valence-electron chi connectivity index (χ2n) is 3.94. The van der Waals surface area contributed by atoms with Crippen molar-refractivity contribution in [2.24, 2.45) is 0 Å². The number of carbonyl (C=O) groups excluding carboxylic acids is 1. The standard InChI is InChI=1S/C12H13N3O4/c1-7(9-3-4-10(19-9)12(17)18)15-6-5-8(14-15)11(16)13-2/h3-7H,1-2H3,(H,13,16)(H,17,18).